The first-order chi connectivity index (χ1) is 29.7. The van der Waals surface area contributed by atoms with Gasteiger partial charge in [-0.1, -0.05) is 175 Å². The van der Waals surface area contributed by atoms with Gasteiger partial charge < -0.3 is 24.6 Å². The first kappa shape index (κ1) is 57.6. The summed E-state index contributed by atoms with van der Waals surface area (Å²) in [6.45, 7) is 2.02. The van der Waals surface area contributed by atoms with Crippen LogP contribution in [-0.2, 0) is 32.7 Å². The third kappa shape index (κ3) is 44.5. The highest BCUT2D eigenvalue weighted by molar-refractivity contribution is 7.47. The Hall–Kier alpha value is -3.37. The van der Waals surface area contributed by atoms with Crippen LogP contribution < -0.4 is 0 Å². The highest BCUT2D eigenvalue weighted by atomic mass is 31.2. The van der Waals surface area contributed by atoms with Crippen LogP contribution in [0, 0.1) is 0 Å². The van der Waals surface area contributed by atoms with Crippen LogP contribution in [0.4, 0.5) is 0 Å². The summed E-state index contributed by atoms with van der Waals surface area (Å²) in [7, 11) is -4.65. The van der Waals surface area contributed by atoms with Gasteiger partial charge in [0.15, 0.2) is 6.10 Å². The van der Waals surface area contributed by atoms with Crippen LogP contribution in [0.3, 0.4) is 0 Å². The Morgan fingerprint density at radius 3 is 1.36 bits per heavy atom. The first-order valence-electron chi connectivity index (χ1n) is 22.8. The fourth-order valence-corrected chi connectivity index (χ4v) is 6.32. The molecule has 0 radical (unpaired) electrons. The summed E-state index contributed by atoms with van der Waals surface area (Å²) in [5.74, 6) is -1.09. The zero-order valence-electron chi connectivity index (χ0n) is 37.6. The Balaban J connectivity index is 4.33. The fraction of sp³-hybridized carbons (Fsp3) is 0.600. The third-order valence-corrected chi connectivity index (χ3v) is 9.91. The summed E-state index contributed by atoms with van der Waals surface area (Å²) in [4.78, 5) is 35.0. The maximum atomic E-state index is 12.6. The Morgan fingerprint density at radius 1 is 0.508 bits per heavy atom. The minimum Gasteiger partial charge on any atom is -0.462 e. The van der Waals surface area contributed by atoms with Crippen molar-refractivity contribution >= 4 is 19.8 Å². The smallest absolute Gasteiger partial charge is 0.462 e. The van der Waals surface area contributed by atoms with E-state index < -0.39 is 51.8 Å². The number of phosphoric acid groups is 1. The van der Waals surface area contributed by atoms with Crippen LogP contribution in [0.15, 0.2) is 109 Å². The predicted octanol–water partition coefficient (Wildman–Crippen LogP) is 12.6. The molecule has 0 aromatic heterocycles. The van der Waals surface area contributed by atoms with E-state index >= 15 is 0 Å². The highest BCUT2D eigenvalue weighted by Crippen LogP contribution is 2.43. The minimum atomic E-state index is -4.65. The molecule has 61 heavy (non-hydrogen) atoms. The van der Waals surface area contributed by atoms with Gasteiger partial charge in [0.1, 0.15) is 12.7 Å². The lowest BCUT2D eigenvalue weighted by Crippen LogP contribution is -2.29. The molecular formula is C50H81O10P. The van der Waals surface area contributed by atoms with Crippen LogP contribution in [-0.4, -0.2) is 65.7 Å². The van der Waals surface area contributed by atoms with Crippen molar-refractivity contribution in [3.05, 3.63) is 109 Å². The standard InChI is InChI=1S/C50H81O10P/c1-3-5-7-9-11-13-15-17-19-20-21-22-23-24-25-26-28-29-31-33-35-37-39-41-49(53)57-45-48(46-59-61(55,56)58-44-47(52)43-51)60-50(54)42-40-38-36-34-32-30-27-18-16-14-12-10-8-6-4-2/h5-8,11-14,17-19,21-22,27,32,34,38,40,47-48,51-52H,3-4,9-10,15-16,20,23-26,28-31,33,35-37,39,41-46H2,1-2H3,(H,55,56)/b7-5-,8-6-,13-11-,14-12-,19-17-,22-21-,27-18-,34-32-,40-38-. The number of phosphoric ester groups is 1. The molecule has 0 aliphatic carbocycles. The molecule has 10 nitrogen and oxygen atoms in total. The molecule has 0 saturated carbocycles. The molecule has 0 saturated heterocycles. The summed E-state index contributed by atoms with van der Waals surface area (Å²) in [5, 5.41) is 18.3. The molecule has 0 amide bonds. The van der Waals surface area contributed by atoms with Crippen LogP contribution in [0.2, 0.25) is 0 Å². The third-order valence-electron chi connectivity index (χ3n) is 8.96. The van der Waals surface area contributed by atoms with Gasteiger partial charge in [-0.2, -0.15) is 0 Å². The molecule has 0 fully saturated rings. The molecule has 0 aliphatic heterocycles. The molecule has 0 rings (SSSR count). The number of rotatable bonds is 41. The number of ether oxygens (including phenoxy) is 2. The van der Waals surface area contributed by atoms with Crippen LogP contribution >= 0.6 is 7.82 Å². The zero-order valence-corrected chi connectivity index (χ0v) is 38.5. The van der Waals surface area contributed by atoms with Crippen molar-refractivity contribution in [2.75, 3.05) is 26.4 Å². The number of allylic oxidation sites excluding steroid dienone is 17. The zero-order chi connectivity index (χ0) is 44.8. The number of carbonyl (C=O) groups is 2. The van der Waals surface area contributed by atoms with E-state index in [0.717, 1.165) is 77.0 Å². The molecule has 3 unspecified atom stereocenters. The number of esters is 2. The van der Waals surface area contributed by atoms with E-state index in [1.165, 1.54) is 38.5 Å². The molecule has 346 valence electrons. The van der Waals surface area contributed by atoms with Crippen molar-refractivity contribution in [3.63, 3.8) is 0 Å². The van der Waals surface area contributed by atoms with Gasteiger partial charge in [-0.25, -0.2) is 4.57 Å². The van der Waals surface area contributed by atoms with Gasteiger partial charge in [0.05, 0.1) is 26.2 Å². The van der Waals surface area contributed by atoms with Gasteiger partial charge in [-0.05, 0) is 77.0 Å². The first-order valence-corrected chi connectivity index (χ1v) is 24.3. The maximum Gasteiger partial charge on any atom is 0.472 e. The second-order valence-electron chi connectivity index (χ2n) is 14.7. The van der Waals surface area contributed by atoms with E-state index in [1.54, 1.807) is 6.08 Å². The Morgan fingerprint density at radius 2 is 0.902 bits per heavy atom. The van der Waals surface area contributed by atoms with E-state index in [0.29, 0.717) is 12.8 Å². The minimum absolute atomic E-state index is 0.0549. The molecular weight excluding hydrogens is 792 g/mol. The molecule has 11 heteroatoms. The molecule has 0 aliphatic rings. The van der Waals surface area contributed by atoms with E-state index in [-0.39, 0.29) is 19.4 Å². The highest BCUT2D eigenvalue weighted by Gasteiger charge is 2.27. The van der Waals surface area contributed by atoms with Crippen molar-refractivity contribution in [2.45, 2.75) is 167 Å². The average Bonchev–Trinajstić information content (AvgIpc) is 3.25. The number of aliphatic hydroxyl groups excluding tert-OH is 2. The summed E-state index contributed by atoms with van der Waals surface area (Å²) >= 11 is 0. The molecule has 0 heterocycles. The van der Waals surface area contributed by atoms with Crippen LogP contribution in [0.25, 0.3) is 0 Å². The lowest BCUT2D eigenvalue weighted by molar-refractivity contribution is -0.160. The van der Waals surface area contributed by atoms with Gasteiger partial charge in [-0.15, -0.1) is 0 Å². The number of hydrogen-bond acceptors (Lipinski definition) is 9. The van der Waals surface area contributed by atoms with Crippen molar-refractivity contribution in [1.82, 2.24) is 0 Å². The van der Waals surface area contributed by atoms with Crippen molar-refractivity contribution in [1.29, 1.82) is 0 Å². The number of aliphatic hydroxyl groups is 2. The second kappa shape index (κ2) is 44.7. The molecule has 3 N–H and O–H groups in total. The van der Waals surface area contributed by atoms with Crippen LogP contribution in [0.1, 0.15) is 155 Å². The average molecular weight is 873 g/mol. The lowest BCUT2D eigenvalue weighted by atomic mass is 10.1. The monoisotopic (exact) mass is 873 g/mol. The van der Waals surface area contributed by atoms with Gasteiger partial charge in [-0.3, -0.25) is 18.6 Å². The number of carbonyl (C=O) groups excluding carboxylic acids is 2. The van der Waals surface area contributed by atoms with E-state index in [1.807, 2.05) is 18.2 Å². The molecule has 0 aromatic carbocycles. The SMILES string of the molecule is CC/C=C\C/C=C\C/C=C\C/C=C\C/C=C\CC(=O)OC(COC(=O)CCCCCCCCCCCC/C=C\C/C=C\C/C=C\C/C=C\CC)COP(=O)(O)OCC(O)CO. The maximum absolute atomic E-state index is 12.6. The quantitative estimate of drug-likeness (QED) is 0.0235. The Labute approximate surface area is 369 Å². The number of unbranched alkanes of at least 4 members (excludes halogenated alkanes) is 10. The van der Waals surface area contributed by atoms with Gasteiger partial charge in [0, 0.05) is 6.42 Å². The van der Waals surface area contributed by atoms with Crippen molar-refractivity contribution in [3.8, 4) is 0 Å². The summed E-state index contributed by atoms with van der Waals surface area (Å²) in [6.07, 6.45) is 56.6. The topological polar surface area (TPSA) is 149 Å². The predicted molar refractivity (Wildman–Crippen MR) is 251 cm³/mol. The van der Waals surface area contributed by atoms with Gasteiger partial charge in [0.25, 0.3) is 0 Å². The number of hydrogen-bond donors (Lipinski definition) is 3. The fourth-order valence-electron chi connectivity index (χ4n) is 5.53. The van der Waals surface area contributed by atoms with E-state index in [9.17, 15) is 24.2 Å². The van der Waals surface area contributed by atoms with E-state index in [2.05, 4.69) is 103 Å². The van der Waals surface area contributed by atoms with Crippen molar-refractivity contribution < 1.29 is 47.8 Å². The van der Waals surface area contributed by atoms with Crippen molar-refractivity contribution in [2.24, 2.45) is 0 Å². The molecule has 0 bridgehead atoms. The summed E-state index contributed by atoms with van der Waals surface area (Å²) in [5.41, 5.74) is 0. The Kier molecular flexibility index (Phi) is 42.2. The second-order valence-corrected chi connectivity index (χ2v) is 16.1. The summed E-state index contributed by atoms with van der Waals surface area (Å²) in [6, 6.07) is 0. The van der Waals surface area contributed by atoms with Gasteiger partial charge >= 0.3 is 19.8 Å². The van der Waals surface area contributed by atoms with E-state index in [4.69, 9.17) is 19.1 Å². The summed E-state index contributed by atoms with van der Waals surface area (Å²) < 4.78 is 32.6. The van der Waals surface area contributed by atoms with Crippen LogP contribution in [0.5, 0.6) is 0 Å². The molecule has 0 spiro atoms. The largest absolute Gasteiger partial charge is 0.472 e. The lowest BCUT2D eigenvalue weighted by Gasteiger charge is -2.20. The molecule has 0 aromatic rings. The van der Waals surface area contributed by atoms with Gasteiger partial charge in [0.2, 0.25) is 0 Å². The normalized spacial score (nSPS) is 14.8. The molecule has 3 atom stereocenters. The Bertz CT molecular complexity index is 1370.